The van der Waals surface area contributed by atoms with Crippen LogP contribution in [0.15, 0.2) is 27.1 Å². The number of ether oxygens (including phenoxy) is 2. The summed E-state index contributed by atoms with van der Waals surface area (Å²) >= 11 is 10.7. The lowest BCUT2D eigenvalue weighted by Gasteiger charge is -2.27. The van der Waals surface area contributed by atoms with Gasteiger partial charge in [-0.3, -0.25) is 0 Å². The molecule has 2 nitrogen and oxygen atoms in total. The van der Waals surface area contributed by atoms with E-state index in [1.54, 1.807) is 0 Å². The summed E-state index contributed by atoms with van der Waals surface area (Å²) in [4.78, 5) is 0.139. The molecule has 0 bridgehead atoms. The number of hydrogen-bond donors (Lipinski definition) is 0. The number of hydrogen-bond acceptors (Lipinski definition) is 2. The van der Waals surface area contributed by atoms with Gasteiger partial charge in [0.25, 0.3) is 0 Å². The minimum absolute atomic E-state index is 0.0688. The fourth-order valence-corrected chi connectivity index (χ4v) is 3.46. The Morgan fingerprint density at radius 1 is 1.25 bits per heavy atom. The quantitative estimate of drug-likeness (QED) is 0.679. The van der Waals surface area contributed by atoms with E-state index >= 15 is 0 Å². The number of benzene rings is 1. The first-order chi connectivity index (χ1) is 7.68. The van der Waals surface area contributed by atoms with Crippen LogP contribution in [0.3, 0.4) is 0 Å². The van der Waals surface area contributed by atoms with E-state index in [1.165, 1.54) is 5.56 Å². The Kier molecular flexibility index (Phi) is 4.85. The average molecular weight is 415 g/mol. The molecule has 1 aromatic rings. The molecule has 0 amide bonds. The van der Waals surface area contributed by atoms with E-state index < -0.39 is 0 Å². The highest BCUT2D eigenvalue weighted by molar-refractivity contribution is 9.11. The molecule has 88 valence electrons. The fraction of sp³-hybridized carbons (Fsp3) is 0.455. The van der Waals surface area contributed by atoms with Crippen molar-refractivity contribution in [3.8, 4) is 0 Å². The summed E-state index contributed by atoms with van der Waals surface area (Å²) in [6, 6.07) is 6.12. The van der Waals surface area contributed by atoms with Gasteiger partial charge in [0.15, 0.2) is 0 Å². The molecule has 1 aliphatic heterocycles. The molecule has 5 heteroatoms. The Balaban J connectivity index is 2.18. The van der Waals surface area contributed by atoms with E-state index in [1.807, 2.05) is 12.1 Å². The highest BCUT2D eigenvalue weighted by atomic mass is 79.9. The lowest BCUT2D eigenvalue weighted by Crippen LogP contribution is -2.31. The van der Waals surface area contributed by atoms with Crippen LogP contribution in [0, 0.1) is 0 Å². The first-order valence-corrected chi connectivity index (χ1v) is 7.47. The maximum absolute atomic E-state index is 5.68. The molecule has 1 heterocycles. The molecule has 1 fully saturated rings. The highest BCUT2D eigenvalue weighted by Gasteiger charge is 2.25. The van der Waals surface area contributed by atoms with Gasteiger partial charge in [0, 0.05) is 8.95 Å². The van der Waals surface area contributed by atoms with Crippen LogP contribution < -0.4 is 0 Å². The van der Waals surface area contributed by atoms with Crippen LogP contribution in [0.2, 0.25) is 0 Å². The van der Waals surface area contributed by atoms with Gasteiger partial charge in [-0.15, -0.1) is 0 Å². The van der Waals surface area contributed by atoms with Crippen molar-refractivity contribution in [3.63, 3.8) is 0 Å². The molecule has 0 saturated carbocycles. The van der Waals surface area contributed by atoms with Crippen LogP contribution in [0.4, 0.5) is 0 Å². The summed E-state index contributed by atoms with van der Waals surface area (Å²) in [6.07, 6.45) is 0.0688. The summed E-state index contributed by atoms with van der Waals surface area (Å²) in [5.74, 6) is 0. The maximum atomic E-state index is 5.68. The van der Waals surface area contributed by atoms with Crippen LogP contribution in [0.5, 0.6) is 0 Å². The predicted molar refractivity (Wildman–Crippen MR) is 74.1 cm³/mol. The molecule has 0 radical (unpaired) electrons. The van der Waals surface area contributed by atoms with E-state index in [2.05, 4.69) is 53.9 Å². The first-order valence-electron chi connectivity index (χ1n) is 4.97. The predicted octanol–water partition coefficient (Wildman–Crippen LogP) is 4.06. The van der Waals surface area contributed by atoms with E-state index in [-0.39, 0.29) is 10.9 Å². The molecule has 0 aromatic heterocycles. The van der Waals surface area contributed by atoms with Gasteiger partial charge in [0.05, 0.1) is 30.8 Å². The Morgan fingerprint density at radius 2 is 2.06 bits per heavy atom. The van der Waals surface area contributed by atoms with Crippen molar-refractivity contribution in [1.29, 1.82) is 0 Å². The number of rotatable bonds is 2. The van der Waals surface area contributed by atoms with Gasteiger partial charge in [-0.1, -0.05) is 47.8 Å². The standard InChI is InChI=1S/C11H11Br3O2/c12-7-1-2-9(13)8(5-7)11(14)10-6-15-3-4-16-10/h1-2,5,10-11H,3-4,6H2. The van der Waals surface area contributed by atoms with Gasteiger partial charge in [-0.25, -0.2) is 0 Å². The van der Waals surface area contributed by atoms with Crippen molar-refractivity contribution in [2.24, 2.45) is 0 Å². The highest BCUT2D eigenvalue weighted by Crippen LogP contribution is 2.36. The van der Waals surface area contributed by atoms with Gasteiger partial charge >= 0.3 is 0 Å². The van der Waals surface area contributed by atoms with Crippen LogP contribution in [0.1, 0.15) is 10.4 Å². The van der Waals surface area contributed by atoms with Gasteiger partial charge in [-0.05, 0) is 23.8 Å². The topological polar surface area (TPSA) is 18.5 Å². The molecule has 2 rings (SSSR count). The maximum Gasteiger partial charge on any atom is 0.0975 e. The van der Waals surface area contributed by atoms with Crippen molar-refractivity contribution in [1.82, 2.24) is 0 Å². The number of halogens is 3. The van der Waals surface area contributed by atoms with Crippen molar-refractivity contribution < 1.29 is 9.47 Å². The Labute approximate surface area is 120 Å². The zero-order valence-electron chi connectivity index (χ0n) is 8.46. The van der Waals surface area contributed by atoms with Crippen LogP contribution >= 0.6 is 47.8 Å². The van der Waals surface area contributed by atoms with Crippen LogP contribution in [0.25, 0.3) is 0 Å². The van der Waals surface area contributed by atoms with Gasteiger partial charge in [0.1, 0.15) is 0 Å². The van der Waals surface area contributed by atoms with Gasteiger partial charge in [-0.2, -0.15) is 0 Å². The molecule has 0 spiro atoms. The SMILES string of the molecule is Brc1ccc(Br)c(C(Br)C2COCCO2)c1. The molecule has 0 aliphatic carbocycles. The zero-order chi connectivity index (χ0) is 11.5. The van der Waals surface area contributed by atoms with E-state index in [0.29, 0.717) is 19.8 Å². The zero-order valence-corrected chi connectivity index (χ0v) is 13.2. The van der Waals surface area contributed by atoms with Gasteiger partial charge in [0.2, 0.25) is 0 Å². The molecule has 1 aliphatic rings. The molecule has 1 aromatic carbocycles. The largest absolute Gasteiger partial charge is 0.376 e. The molecule has 2 unspecified atom stereocenters. The van der Waals surface area contributed by atoms with Crippen LogP contribution in [-0.2, 0) is 9.47 Å². The summed E-state index contributed by atoms with van der Waals surface area (Å²) in [5.41, 5.74) is 1.17. The minimum Gasteiger partial charge on any atom is -0.376 e. The molecular weight excluding hydrogens is 404 g/mol. The summed E-state index contributed by atoms with van der Waals surface area (Å²) in [6.45, 7) is 1.99. The number of alkyl halides is 1. The summed E-state index contributed by atoms with van der Waals surface area (Å²) < 4.78 is 13.2. The molecular formula is C11H11Br3O2. The lowest BCUT2D eigenvalue weighted by molar-refractivity contribution is -0.0877. The van der Waals surface area contributed by atoms with Crippen LogP contribution in [-0.4, -0.2) is 25.9 Å². The van der Waals surface area contributed by atoms with E-state index in [0.717, 1.165) is 8.95 Å². The van der Waals surface area contributed by atoms with Crippen molar-refractivity contribution in [2.75, 3.05) is 19.8 Å². The molecule has 1 saturated heterocycles. The molecule has 16 heavy (non-hydrogen) atoms. The Morgan fingerprint density at radius 3 is 2.75 bits per heavy atom. The first kappa shape index (κ1) is 13.0. The Hall–Kier alpha value is 0.580. The average Bonchev–Trinajstić information content (AvgIpc) is 2.32. The van der Waals surface area contributed by atoms with Gasteiger partial charge < -0.3 is 9.47 Å². The summed E-state index contributed by atoms with van der Waals surface area (Å²) in [7, 11) is 0. The minimum atomic E-state index is 0.0688. The second kappa shape index (κ2) is 5.96. The monoisotopic (exact) mass is 412 g/mol. The van der Waals surface area contributed by atoms with Crippen molar-refractivity contribution in [3.05, 3.63) is 32.7 Å². The second-order valence-corrected chi connectivity index (χ2v) is 6.31. The molecule has 0 N–H and O–H groups in total. The third-order valence-electron chi connectivity index (χ3n) is 2.42. The third kappa shape index (κ3) is 3.07. The summed E-state index contributed by atoms with van der Waals surface area (Å²) in [5, 5.41) is 0. The van der Waals surface area contributed by atoms with Crippen molar-refractivity contribution >= 4 is 47.8 Å². The Bertz CT molecular complexity index is 364. The fourth-order valence-electron chi connectivity index (χ4n) is 1.60. The van der Waals surface area contributed by atoms with Crippen molar-refractivity contribution in [2.45, 2.75) is 10.9 Å². The smallest absolute Gasteiger partial charge is 0.0975 e. The third-order valence-corrected chi connectivity index (χ3v) is 4.72. The molecule has 2 atom stereocenters. The lowest BCUT2D eigenvalue weighted by atomic mass is 10.1. The van der Waals surface area contributed by atoms with E-state index in [4.69, 9.17) is 9.47 Å². The normalized spacial score (nSPS) is 23.1. The second-order valence-electron chi connectivity index (χ2n) is 3.55. The van der Waals surface area contributed by atoms with E-state index in [9.17, 15) is 0 Å².